The van der Waals surface area contributed by atoms with Gasteiger partial charge in [-0.05, 0) is 23.3 Å². The highest BCUT2D eigenvalue weighted by molar-refractivity contribution is 5.80. The standard InChI is InChI=1S/C17H16O3/c1-20-15-9-7-14(8-10-15)16(11-12-17(18)19)13-5-3-2-4-6-13/h2-12,16H,1H3,(H,18,19)/b12-11+. The molecule has 1 unspecified atom stereocenters. The number of methoxy groups -OCH3 is 1. The SMILES string of the molecule is COc1ccc(C(/C=C/C(=O)O)c2ccccc2)cc1. The number of aliphatic carboxylic acids is 1. The van der Waals surface area contributed by atoms with E-state index in [2.05, 4.69) is 0 Å². The monoisotopic (exact) mass is 268 g/mol. The molecule has 0 amide bonds. The fourth-order valence-corrected chi connectivity index (χ4v) is 2.06. The second kappa shape index (κ2) is 6.57. The lowest BCUT2D eigenvalue weighted by atomic mass is 9.91. The van der Waals surface area contributed by atoms with Crippen molar-refractivity contribution in [3.63, 3.8) is 0 Å². The third-order valence-corrected chi connectivity index (χ3v) is 3.06. The number of ether oxygens (including phenoxy) is 1. The Balaban J connectivity index is 2.37. The first-order chi connectivity index (χ1) is 9.70. The van der Waals surface area contributed by atoms with Crippen LogP contribution in [0.2, 0.25) is 0 Å². The lowest BCUT2D eigenvalue weighted by Crippen LogP contribution is -1.99. The van der Waals surface area contributed by atoms with Crippen LogP contribution in [0, 0.1) is 0 Å². The van der Waals surface area contributed by atoms with Gasteiger partial charge < -0.3 is 9.84 Å². The minimum absolute atomic E-state index is 0.0850. The van der Waals surface area contributed by atoms with E-state index in [4.69, 9.17) is 9.84 Å². The van der Waals surface area contributed by atoms with Crippen molar-refractivity contribution in [2.75, 3.05) is 7.11 Å². The second-order valence-electron chi connectivity index (χ2n) is 4.36. The van der Waals surface area contributed by atoms with Crippen LogP contribution in [-0.4, -0.2) is 18.2 Å². The summed E-state index contributed by atoms with van der Waals surface area (Å²) >= 11 is 0. The summed E-state index contributed by atoms with van der Waals surface area (Å²) in [6, 6.07) is 17.4. The molecule has 0 saturated heterocycles. The molecule has 0 aliphatic rings. The zero-order chi connectivity index (χ0) is 14.4. The Morgan fingerprint density at radius 3 is 2.20 bits per heavy atom. The zero-order valence-electron chi connectivity index (χ0n) is 11.2. The summed E-state index contributed by atoms with van der Waals surface area (Å²) < 4.78 is 5.14. The van der Waals surface area contributed by atoms with E-state index in [1.54, 1.807) is 13.2 Å². The molecule has 2 aromatic carbocycles. The molecule has 0 fully saturated rings. The van der Waals surface area contributed by atoms with E-state index in [0.717, 1.165) is 16.9 Å². The molecule has 2 aromatic rings. The number of hydrogen-bond donors (Lipinski definition) is 1. The summed E-state index contributed by atoms with van der Waals surface area (Å²) in [6.45, 7) is 0. The van der Waals surface area contributed by atoms with Crippen molar-refractivity contribution in [2.24, 2.45) is 0 Å². The number of carboxylic acids is 1. The Morgan fingerprint density at radius 2 is 1.65 bits per heavy atom. The van der Waals surface area contributed by atoms with Gasteiger partial charge in [0, 0.05) is 12.0 Å². The van der Waals surface area contributed by atoms with Crippen LogP contribution in [0.1, 0.15) is 17.0 Å². The van der Waals surface area contributed by atoms with E-state index in [1.165, 1.54) is 6.08 Å². The van der Waals surface area contributed by atoms with Crippen molar-refractivity contribution in [1.29, 1.82) is 0 Å². The lowest BCUT2D eigenvalue weighted by Gasteiger charge is -2.14. The molecule has 0 bridgehead atoms. The van der Waals surface area contributed by atoms with Crippen LogP contribution in [0.5, 0.6) is 5.75 Å². The number of carboxylic acid groups (broad SMARTS) is 1. The highest BCUT2D eigenvalue weighted by Gasteiger charge is 2.11. The van der Waals surface area contributed by atoms with Gasteiger partial charge in [-0.25, -0.2) is 4.79 Å². The molecule has 3 heteroatoms. The minimum Gasteiger partial charge on any atom is -0.497 e. The molecule has 0 radical (unpaired) electrons. The normalized spacial score (nSPS) is 12.2. The average molecular weight is 268 g/mol. The zero-order valence-corrected chi connectivity index (χ0v) is 11.2. The summed E-state index contributed by atoms with van der Waals surface area (Å²) in [5.74, 6) is -0.250. The predicted octanol–water partition coefficient (Wildman–Crippen LogP) is 3.47. The van der Waals surface area contributed by atoms with Gasteiger partial charge >= 0.3 is 5.97 Å². The van der Waals surface area contributed by atoms with Crippen LogP contribution in [0.4, 0.5) is 0 Å². The molecule has 3 nitrogen and oxygen atoms in total. The molecule has 20 heavy (non-hydrogen) atoms. The number of rotatable bonds is 5. The van der Waals surface area contributed by atoms with Crippen LogP contribution < -0.4 is 4.74 Å². The molecular formula is C17H16O3. The molecule has 0 aliphatic heterocycles. The fourth-order valence-electron chi connectivity index (χ4n) is 2.06. The average Bonchev–Trinajstić information content (AvgIpc) is 2.49. The molecule has 0 spiro atoms. The summed E-state index contributed by atoms with van der Waals surface area (Å²) in [5.41, 5.74) is 2.07. The molecule has 2 rings (SSSR count). The Labute approximate surface area is 118 Å². The maximum absolute atomic E-state index is 10.8. The number of carbonyl (C=O) groups is 1. The van der Waals surface area contributed by atoms with Gasteiger partial charge in [-0.2, -0.15) is 0 Å². The van der Waals surface area contributed by atoms with Gasteiger partial charge in [0.15, 0.2) is 0 Å². The van der Waals surface area contributed by atoms with Gasteiger partial charge in [-0.15, -0.1) is 0 Å². The van der Waals surface area contributed by atoms with Gasteiger partial charge in [-0.1, -0.05) is 48.5 Å². The minimum atomic E-state index is -0.945. The first-order valence-electron chi connectivity index (χ1n) is 6.30. The molecular weight excluding hydrogens is 252 g/mol. The largest absolute Gasteiger partial charge is 0.497 e. The van der Waals surface area contributed by atoms with Crippen LogP contribution in [0.15, 0.2) is 66.7 Å². The highest BCUT2D eigenvalue weighted by Crippen LogP contribution is 2.27. The quantitative estimate of drug-likeness (QED) is 0.845. The summed E-state index contributed by atoms with van der Waals surface area (Å²) in [6.07, 6.45) is 2.88. The number of allylic oxidation sites excluding steroid dienone is 1. The van der Waals surface area contributed by atoms with Crippen LogP contribution in [-0.2, 0) is 4.79 Å². The Hall–Kier alpha value is -2.55. The topological polar surface area (TPSA) is 46.5 Å². The third kappa shape index (κ3) is 3.48. The highest BCUT2D eigenvalue weighted by atomic mass is 16.5. The van der Waals surface area contributed by atoms with Crippen molar-refractivity contribution in [2.45, 2.75) is 5.92 Å². The fraction of sp³-hybridized carbons (Fsp3) is 0.118. The van der Waals surface area contributed by atoms with Crippen LogP contribution in [0.25, 0.3) is 0 Å². The number of benzene rings is 2. The Bertz CT molecular complexity index is 585. The van der Waals surface area contributed by atoms with E-state index in [-0.39, 0.29) is 5.92 Å². The Kier molecular flexibility index (Phi) is 4.56. The maximum Gasteiger partial charge on any atom is 0.328 e. The third-order valence-electron chi connectivity index (χ3n) is 3.06. The first-order valence-corrected chi connectivity index (χ1v) is 6.30. The molecule has 1 atom stereocenters. The van der Waals surface area contributed by atoms with Crippen molar-refractivity contribution in [3.05, 3.63) is 77.9 Å². The first kappa shape index (κ1) is 13.9. The predicted molar refractivity (Wildman–Crippen MR) is 78.1 cm³/mol. The lowest BCUT2D eigenvalue weighted by molar-refractivity contribution is -0.131. The van der Waals surface area contributed by atoms with Crippen molar-refractivity contribution >= 4 is 5.97 Å². The summed E-state index contributed by atoms with van der Waals surface area (Å²) in [5, 5.41) is 8.83. The Morgan fingerprint density at radius 1 is 1.05 bits per heavy atom. The van der Waals surface area contributed by atoms with Crippen LogP contribution in [0.3, 0.4) is 0 Å². The number of hydrogen-bond acceptors (Lipinski definition) is 2. The molecule has 102 valence electrons. The van der Waals surface area contributed by atoms with Gasteiger partial charge in [0.05, 0.1) is 7.11 Å². The van der Waals surface area contributed by atoms with Crippen molar-refractivity contribution in [1.82, 2.24) is 0 Å². The molecule has 1 N–H and O–H groups in total. The van der Waals surface area contributed by atoms with Gasteiger partial charge in [0.25, 0.3) is 0 Å². The summed E-state index contributed by atoms with van der Waals surface area (Å²) in [4.78, 5) is 10.8. The van der Waals surface area contributed by atoms with Crippen molar-refractivity contribution < 1.29 is 14.6 Å². The molecule has 0 heterocycles. The molecule has 0 aromatic heterocycles. The second-order valence-corrected chi connectivity index (χ2v) is 4.36. The van der Waals surface area contributed by atoms with Gasteiger partial charge in [-0.3, -0.25) is 0 Å². The maximum atomic E-state index is 10.8. The van der Waals surface area contributed by atoms with Crippen molar-refractivity contribution in [3.8, 4) is 5.75 Å². The van der Waals surface area contributed by atoms with E-state index in [9.17, 15) is 4.79 Å². The smallest absolute Gasteiger partial charge is 0.328 e. The van der Waals surface area contributed by atoms with Gasteiger partial charge in [0.1, 0.15) is 5.75 Å². The van der Waals surface area contributed by atoms with E-state index in [0.29, 0.717) is 0 Å². The van der Waals surface area contributed by atoms with E-state index < -0.39 is 5.97 Å². The van der Waals surface area contributed by atoms with Gasteiger partial charge in [0.2, 0.25) is 0 Å². The molecule has 0 saturated carbocycles. The summed E-state index contributed by atoms with van der Waals surface area (Å²) in [7, 11) is 1.62. The van der Waals surface area contributed by atoms with E-state index in [1.807, 2.05) is 54.6 Å². The molecule has 0 aliphatic carbocycles. The van der Waals surface area contributed by atoms with E-state index >= 15 is 0 Å². The van der Waals surface area contributed by atoms with Crippen LogP contribution >= 0.6 is 0 Å².